The molecule has 0 aliphatic carbocycles. The SMILES string of the molecule is COc1ccc(/C=C2\SC(=O)N(CNc3cccc(C)c3)C2=O)cc1. The van der Waals surface area contributed by atoms with E-state index in [1.165, 1.54) is 4.90 Å². The maximum absolute atomic E-state index is 12.5. The van der Waals surface area contributed by atoms with Crippen LogP contribution in [0.15, 0.2) is 53.4 Å². The number of hydrogen-bond acceptors (Lipinski definition) is 5. The largest absolute Gasteiger partial charge is 0.497 e. The number of nitrogens with one attached hydrogen (secondary N) is 1. The van der Waals surface area contributed by atoms with Crippen molar-refractivity contribution in [3.05, 3.63) is 64.6 Å². The first kappa shape index (κ1) is 17.1. The van der Waals surface area contributed by atoms with Crippen LogP contribution in [0.3, 0.4) is 0 Å². The van der Waals surface area contributed by atoms with Crippen molar-refractivity contribution in [1.82, 2.24) is 4.90 Å². The van der Waals surface area contributed by atoms with E-state index < -0.39 is 0 Å². The van der Waals surface area contributed by atoms with E-state index in [-0.39, 0.29) is 17.8 Å². The van der Waals surface area contributed by atoms with E-state index >= 15 is 0 Å². The van der Waals surface area contributed by atoms with Crippen molar-refractivity contribution in [2.45, 2.75) is 6.92 Å². The molecule has 0 radical (unpaired) electrons. The first-order valence-electron chi connectivity index (χ1n) is 7.77. The second-order valence-corrected chi connectivity index (χ2v) is 6.58. The summed E-state index contributed by atoms with van der Waals surface area (Å²) in [6, 6.07) is 15.1. The first-order chi connectivity index (χ1) is 12.1. The Morgan fingerprint density at radius 1 is 1.16 bits per heavy atom. The van der Waals surface area contributed by atoms with Gasteiger partial charge in [-0.1, -0.05) is 24.3 Å². The average molecular weight is 354 g/mol. The highest BCUT2D eigenvalue weighted by atomic mass is 32.2. The molecule has 0 saturated carbocycles. The van der Waals surface area contributed by atoms with E-state index in [1.807, 2.05) is 55.5 Å². The van der Waals surface area contributed by atoms with Crippen LogP contribution in [0, 0.1) is 6.92 Å². The molecule has 2 aromatic rings. The van der Waals surface area contributed by atoms with Crippen molar-refractivity contribution in [1.29, 1.82) is 0 Å². The molecule has 1 aliphatic rings. The van der Waals surface area contributed by atoms with Crippen LogP contribution in [0.1, 0.15) is 11.1 Å². The van der Waals surface area contributed by atoms with Gasteiger partial charge >= 0.3 is 0 Å². The van der Waals surface area contributed by atoms with Crippen LogP contribution in [0.5, 0.6) is 5.75 Å². The summed E-state index contributed by atoms with van der Waals surface area (Å²) in [5.74, 6) is 0.457. The van der Waals surface area contributed by atoms with Gasteiger partial charge in [0.15, 0.2) is 0 Å². The van der Waals surface area contributed by atoms with Crippen molar-refractivity contribution in [3.63, 3.8) is 0 Å². The van der Waals surface area contributed by atoms with Crippen molar-refractivity contribution >= 4 is 34.7 Å². The Morgan fingerprint density at radius 3 is 2.60 bits per heavy atom. The normalized spacial score (nSPS) is 15.8. The molecule has 3 rings (SSSR count). The molecule has 2 aromatic carbocycles. The van der Waals surface area contributed by atoms with E-state index in [2.05, 4.69) is 5.32 Å². The Hall–Kier alpha value is -2.73. The molecular weight excluding hydrogens is 336 g/mol. The fourth-order valence-electron chi connectivity index (χ4n) is 2.41. The number of hydrogen-bond donors (Lipinski definition) is 1. The summed E-state index contributed by atoms with van der Waals surface area (Å²) in [7, 11) is 1.60. The van der Waals surface area contributed by atoms with Gasteiger partial charge < -0.3 is 10.1 Å². The average Bonchev–Trinajstić information content (AvgIpc) is 2.87. The molecule has 25 heavy (non-hydrogen) atoms. The van der Waals surface area contributed by atoms with Crippen molar-refractivity contribution < 1.29 is 14.3 Å². The van der Waals surface area contributed by atoms with Crippen LogP contribution < -0.4 is 10.1 Å². The summed E-state index contributed by atoms with van der Waals surface area (Å²) >= 11 is 0.952. The van der Waals surface area contributed by atoms with Gasteiger partial charge in [0.2, 0.25) is 0 Å². The molecule has 1 fully saturated rings. The predicted molar refractivity (Wildman–Crippen MR) is 100 cm³/mol. The first-order valence-corrected chi connectivity index (χ1v) is 8.58. The molecule has 128 valence electrons. The van der Waals surface area contributed by atoms with Gasteiger partial charge in [-0.15, -0.1) is 0 Å². The number of imide groups is 1. The lowest BCUT2D eigenvalue weighted by Crippen LogP contribution is -2.33. The molecule has 0 unspecified atom stereocenters. The number of amides is 2. The lowest BCUT2D eigenvalue weighted by atomic mass is 10.2. The van der Waals surface area contributed by atoms with Crippen molar-refractivity contribution in [2.24, 2.45) is 0 Å². The summed E-state index contributed by atoms with van der Waals surface area (Å²) in [6.07, 6.45) is 1.72. The fourth-order valence-corrected chi connectivity index (χ4v) is 3.25. The summed E-state index contributed by atoms with van der Waals surface area (Å²) in [5, 5.41) is 2.84. The van der Waals surface area contributed by atoms with Crippen LogP contribution in [0.25, 0.3) is 6.08 Å². The third-order valence-corrected chi connectivity index (χ3v) is 4.65. The molecule has 1 heterocycles. The molecule has 1 N–H and O–H groups in total. The molecule has 6 heteroatoms. The van der Waals surface area contributed by atoms with Gasteiger partial charge in [0.1, 0.15) is 5.75 Å². The molecule has 0 aromatic heterocycles. The van der Waals surface area contributed by atoms with E-state index in [0.717, 1.165) is 34.3 Å². The van der Waals surface area contributed by atoms with Gasteiger partial charge in [-0.3, -0.25) is 14.5 Å². The van der Waals surface area contributed by atoms with Crippen molar-refractivity contribution in [2.75, 3.05) is 19.1 Å². The topological polar surface area (TPSA) is 58.6 Å². The van der Waals surface area contributed by atoms with Gasteiger partial charge in [0, 0.05) is 5.69 Å². The second kappa shape index (κ2) is 7.44. The minimum atomic E-state index is -0.286. The minimum Gasteiger partial charge on any atom is -0.497 e. The van der Waals surface area contributed by atoms with Gasteiger partial charge in [0.25, 0.3) is 11.1 Å². The number of ether oxygens (including phenoxy) is 1. The number of nitrogens with zero attached hydrogens (tertiary/aromatic N) is 1. The van der Waals surface area contributed by atoms with E-state index in [1.54, 1.807) is 13.2 Å². The third kappa shape index (κ3) is 4.03. The number of carbonyl (C=O) groups is 2. The van der Waals surface area contributed by atoms with Crippen LogP contribution in [-0.2, 0) is 4.79 Å². The highest BCUT2D eigenvalue weighted by Gasteiger charge is 2.34. The van der Waals surface area contributed by atoms with Gasteiger partial charge in [-0.2, -0.15) is 0 Å². The lowest BCUT2D eigenvalue weighted by Gasteiger charge is -2.14. The zero-order valence-electron chi connectivity index (χ0n) is 14.0. The summed E-state index contributed by atoms with van der Waals surface area (Å²) in [5.41, 5.74) is 2.83. The zero-order valence-corrected chi connectivity index (χ0v) is 14.8. The smallest absolute Gasteiger partial charge is 0.295 e. The molecule has 2 amide bonds. The van der Waals surface area contributed by atoms with Gasteiger partial charge in [-0.25, -0.2) is 0 Å². The zero-order chi connectivity index (χ0) is 17.8. The number of rotatable bonds is 5. The summed E-state index contributed by atoms with van der Waals surface area (Å²) in [6.45, 7) is 2.14. The Bertz CT molecular complexity index is 831. The van der Waals surface area contributed by atoms with E-state index in [4.69, 9.17) is 4.74 Å². The predicted octanol–water partition coefficient (Wildman–Crippen LogP) is 4.11. The fraction of sp³-hybridized carbons (Fsp3) is 0.158. The number of carbonyl (C=O) groups excluding carboxylic acids is 2. The number of aryl methyl sites for hydroxylation is 1. The van der Waals surface area contributed by atoms with E-state index in [0.29, 0.717) is 4.91 Å². The second-order valence-electron chi connectivity index (χ2n) is 5.59. The maximum atomic E-state index is 12.5. The lowest BCUT2D eigenvalue weighted by molar-refractivity contribution is -0.122. The molecule has 0 atom stereocenters. The molecule has 0 spiro atoms. The Labute approximate surface area is 150 Å². The van der Waals surface area contributed by atoms with Crippen LogP contribution >= 0.6 is 11.8 Å². The summed E-state index contributed by atoms with van der Waals surface area (Å²) in [4.78, 5) is 26.3. The van der Waals surface area contributed by atoms with E-state index in [9.17, 15) is 9.59 Å². The standard InChI is InChI=1S/C19H18N2O3S/c1-13-4-3-5-15(10-13)20-12-21-18(22)17(25-19(21)23)11-14-6-8-16(24-2)9-7-14/h3-11,20H,12H2,1-2H3/b17-11-. The minimum absolute atomic E-state index is 0.147. The third-order valence-electron chi connectivity index (χ3n) is 3.75. The number of thioether (sulfide) groups is 1. The summed E-state index contributed by atoms with van der Waals surface area (Å²) < 4.78 is 5.11. The Kier molecular flexibility index (Phi) is 5.09. The van der Waals surface area contributed by atoms with Gasteiger partial charge in [-0.05, 0) is 60.2 Å². The molecule has 5 nitrogen and oxygen atoms in total. The van der Waals surface area contributed by atoms with Crippen molar-refractivity contribution in [3.8, 4) is 5.75 Å². The molecule has 1 saturated heterocycles. The number of methoxy groups -OCH3 is 1. The van der Waals surface area contributed by atoms with Crippen LogP contribution in [0.2, 0.25) is 0 Å². The monoisotopic (exact) mass is 354 g/mol. The highest BCUT2D eigenvalue weighted by Crippen LogP contribution is 2.32. The molecular formula is C19H18N2O3S. The quantitative estimate of drug-likeness (QED) is 0.819. The molecule has 0 bridgehead atoms. The Balaban J connectivity index is 1.69. The van der Waals surface area contributed by atoms with Gasteiger partial charge in [0.05, 0.1) is 18.7 Å². The maximum Gasteiger partial charge on any atom is 0.295 e. The number of benzene rings is 2. The number of anilines is 1. The molecule has 1 aliphatic heterocycles. The van der Waals surface area contributed by atoms with Crippen LogP contribution in [-0.4, -0.2) is 29.8 Å². The van der Waals surface area contributed by atoms with Crippen LogP contribution in [0.4, 0.5) is 10.5 Å². The highest BCUT2D eigenvalue weighted by molar-refractivity contribution is 8.18. The Morgan fingerprint density at radius 2 is 1.92 bits per heavy atom.